The quantitative estimate of drug-likeness (QED) is 0.0960. The third-order valence-electron chi connectivity index (χ3n) is 6.33. The van der Waals surface area contributed by atoms with Crippen LogP contribution < -0.4 is 5.43 Å². The van der Waals surface area contributed by atoms with Crippen molar-refractivity contribution >= 4 is 24.3 Å². The number of allylic oxidation sites excluding steroid dienone is 2. The van der Waals surface area contributed by atoms with Gasteiger partial charge in [0.2, 0.25) is 0 Å². The van der Waals surface area contributed by atoms with Crippen LogP contribution in [0.15, 0.2) is 50.8 Å². The molecule has 0 spiro atoms. The minimum Gasteiger partial charge on any atom is -0.490 e. The van der Waals surface area contributed by atoms with Crippen LogP contribution in [0.25, 0.3) is 0 Å². The first-order chi connectivity index (χ1) is 16.2. The molecule has 1 aliphatic rings. The smallest absolute Gasteiger partial charge is 0.343 e. The molecule has 1 fully saturated rings. The molecule has 7 nitrogen and oxygen atoms in total. The Kier molecular flexibility index (Phi) is 10.6. The summed E-state index contributed by atoms with van der Waals surface area (Å²) >= 11 is 6.32. The molecule has 1 saturated carbocycles. The standard InChI is InChI=1S/C26H37ClN2O5/c1-7-18(16-22(24(27)28-5)34-15-9-14-32-6)19-10-12-26(3,4)23(19)29-13-11-21(30)20(17-29)25(31)33-8-2/h11,13,16-17,19,23H,5,7-10,12,14-15H2,1-4,6H3/b18-16+,24-22+. The van der Waals surface area contributed by atoms with E-state index in [1.54, 1.807) is 26.4 Å². The number of hydrogen-bond acceptors (Lipinski definition) is 6. The zero-order valence-corrected chi connectivity index (χ0v) is 21.7. The van der Waals surface area contributed by atoms with Gasteiger partial charge in [0.15, 0.2) is 16.3 Å². The number of esters is 1. The lowest BCUT2D eigenvalue weighted by atomic mass is 9.81. The van der Waals surface area contributed by atoms with Crippen molar-refractivity contribution in [1.82, 2.24) is 4.57 Å². The summed E-state index contributed by atoms with van der Waals surface area (Å²) in [5.74, 6) is 0.0450. The second kappa shape index (κ2) is 12.9. The van der Waals surface area contributed by atoms with Crippen LogP contribution in [0.4, 0.5) is 0 Å². The summed E-state index contributed by atoms with van der Waals surface area (Å²) in [5.41, 5.74) is 0.806. The number of aromatic nitrogens is 1. The largest absolute Gasteiger partial charge is 0.490 e. The Balaban J connectivity index is 2.47. The monoisotopic (exact) mass is 492 g/mol. The average Bonchev–Trinajstić information content (AvgIpc) is 3.13. The average molecular weight is 493 g/mol. The van der Waals surface area contributed by atoms with Gasteiger partial charge in [-0.3, -0.25) is 4.79 Å². The van der Waals surface area contributed by atoms with Crippen LogP contribution in [0.5, 0.6) is 0 Å². The number of hydrogen-bond donors (Lipinski definition) is 0. The van der Waals surface area contributed by atoms with Crippen LogP contribution in [-0.4, -0.2) is 44.2 Å². The summed E-state index contributed by atoms with van der Waals surface area (Å²) in [7, 11) is 1.65. The van der Waals surface area contributed by atoms with Gasteiger partial charge in [0, 0.05) is 50.6 Å². The Bertz CT molecular complexity index is 980. The van der Waals surface area contributed by atoms with Crippen molar-refractivity contribution < 1.29 is 19.0 Å². The second-order valence-electron chi connectivity index (χ2n) is 9.05. The summed E-state index contributed by atoms with van der Waals surface area (Å²) in [6, 6.07) is 1.47. The molecular formula is C26H37ClN2O5. The normalized spacial score (nSPS) is 20.6. The molecule has 0 radical (unpaired) electrons. The third-order valence-corrected chi connectivity index (χ3v) is 6.64. The molecule has 0 saturated heterocycles. The molecule has 0 aliphatic heterocycles. The molecule has 8 heteroatoms. The van der Waals surface area contributed by atoms with Gasteiger partial charge in [-0.1, -0.05) is 37.9 Å². The van der Waals surface area contributed by atoms with E-state index >= 15 is 0 Å². The summed E-state index contributed by atoms with van der Waals surface area (Å²) in [6.07, 6.45) is 8.82. The Morgan fingerprint density at radius 1 is 1.32 bits per heavy atom. The van der Waals surface area contributed by atoms with Crippen molar-refractivity contribution in [2.24, 2.45) is 16.3 Å². The number of nitrogens with zero attached hydrogens (tertiary/aromatic N) is 2. The number of methoxy groups -OCH3 is 1. The molecule has 1 heterocycles. The summed E-state index contributed by atoms with van der Waals surface area (Å²) in [6.45, 7) is 13.0. The van der Waals surface area contributed by atoms with Gasteiger partial charge in [-0.05, 0) is 44.4 Å². The molecule has 1 aromatic heterocycles. The van der Waals surface area contributed by atoms with Gasteiger partial charge in [0.05, 0.1) is 13.2 Å². The van der Waals surface area contributed by atoms with Crippen molar-refractivity contribution in [3.8, 4) is 0 Å². The summed E-state index contributed by atoms with van der Waals surface area (Å²) < 4.78 is 18.1. The van der Waals surface area contributed by atoms with E-state index in [1.807, 2.05) is 10.6 Å². The SMILES string of the molecule is C=N/C(Cl)=C(\C=C(/CC)C1CCC(C)(C)C1n1ccc(=O)c(C(=O)OCC)c1)OCCCOC. The molecule has 2 atom stereocenters. The molecule has 34 heavy (non-hydrogen) atoms. The molecule has 1 aliphatic carbocycles. The van der Waals surface area contributed by atoms with Gasteiger partial charge in [-0.2, -0.15) is 0 Å². The maximum Gasteiger partial charge on any atom is 0.343 e. The zero-order chi connectivity index (χ0) is 25.3. The first-order valence-corrected chi connectivity index (χ1v) is 12.2. The lowest BCUT2D eigenvalue weighted by Gasteiger charge is -2.34. The molecule has 0 amide bonds. The molecule has 0 bridgehead atoms. The Morgan fingerprint density at radius 2 is 2.06 bits per heavy atom. The fourth-order valence-corrected chi connectivity index (χ4v) is 4.78. The predicted molar refractivity (Wildman–Crippen MR) is 135 cm³/mol. The van der Waals surface area contributed by atoms with E-state index in [2.05, 4.69) is 32.5 Å². The van der Waals surface area contributed by atoms with E-state index in [0.29, 0.717) is 19.0 Å². The van der Waals surface area contributed by atoms with Crippen molar-refractivity contribution in [2.45, 2.75) is 59.4 Å². The first-order valence-electron chi connectivity index (χ1n) is 11.8. The highest BCUT2D eigenvalue weighted by Gasteiger charge is 2.44. The Hall–Kier alpha value is -2.38. The van der Waals surface area contributed by atoms with Crippen LogP contribution >= 0.6 is 11.6 Å². The molecule has 0 N–H and O–H groups in total. The molecular weight excluding hydrogens is 456 g/mol. The van der Waals surface area contributed by atoms with Crippen molar-refractivity contribution in [3.05, 3.63) is 56.8 Å². The topological polar surface area (TPSA) is 79.1 Å². The molecule has 1 aromatic rings. The van der Waals surface area contributed by atoms with Gasteiger partial charge in [0.25, 0.3) is 0 Å². The number of aliphatic imine (C=N–C) groups is 1. The molecule has 2 rings (SSSR count). The van der Waals surface area contributed by atoms with Gasteiger partial charge >= 0.3 is 5.97 Å². The summed E-state index contributed by atoms with van der Waals surface area (Å²) in [4.78, 5) is 28.6. The number of rotatable bonds is 12. The third kappa shape index (κ3) is 6.83. The Morgan fingerprint density at radius 3 is 2.68 bits per heavy atom. The lowest BCUT2D eigenvalue weighted by molar-refractivity contribution is 0.0523. The van der Waals surface area contributed by atoms with Crippen LogP contribution in [0.3, 0.4) is 0 Å². The van der Waals surface area contributed by atoms with Crippen LogP contribution in [0, 0.1) is 11.3 Å². The molecule has 0 aromatic carbocycles. The van der Waals surface area contributed by atoms with Gasteiger partial charge in [-0.15, -0.1) is 0 Å². The highest BCUT2D eigenvalue weighted by atomic mass is 35.5. The van der Waals surface area contributed by atoms with Crippen molar-refractivity contribution in [3.63, 3.8) is 0 Å². The van der Waals surface area contributed by atoms with Gasteiger partial charge < -0.3 is 18.8 Å². The molecule has 188 valence electrons. The lowest BCUT2D eigenvalue weighted by Crippen LogP contribution is -2.29. The van der Waals surface area contributed by atoms with Crippen LogP contribution in [0.1, 0.15) is 69.8 Å². The second-order valence-corrected chi connectivity index (χ2v) is 9.41. The van der Waals surface area contributed by atoms with Crippen LogP contribution in [0.2, 0.25) is 0 Å². The number of carbonyl (C=O) groups excluding carboxylic acids is 1. The van der Waals surface area contributed by atoms with E-state index in [0.717, 1.165) is 31.3 Å². The fraction of sp³-hybridized carbons (Fsp3) is 0.577. The van der Waals surface area contributed by atoms with E-state index in [9.17, 15) is 9.59 Å². The maximum absolute atomic E-state index is 12.4. The fourth-order valence-electron chi connectivity index (χ4n) is 4.68. The highest BCUT2D eigenvalue weighted by molar-refractivity contribution is 6.30. The van der Waals surface area contributed by atoms with Gasteiger partial charge in [-0.25, -0.2) is 9.79 Å². The first kappa shape index (κ1) is 27.9. The van der Waals surface area contributed by atoms with Crippen molar-refractivity contribution in [2.75, 3.05) is 26.9 Å². The Labute approximate surface area is 207 Å². The number of halogens is 1. The number of ether oxygens (including phenoxy) is 3. The van der Waals surface area contributed by atoms with Crippen molar-refractivity contribution in [1.29, 1.82) is 0 Å². The van der Waals surface area contributed by atoms with Gasteiger partial charge in [0.1, 0.15) is 5.56 Å². The van der Waals surface area contributed by atoms with E-state index in [-0.39, 0.29) is 40.1 Å². The van der Waals surface area contributed by atoms with Crippen LogP contribution in [-0.2, 0) is 14.2 Å². The maximum atomic E-state index is 12.4. The van der Waals surface area contributed by atoms with E-state index in [4.69, 9.17) is 25.8 Å². The minimum atomic E-state index is -0.598. The number of carbonyl (C=O) groups is 1. The highest BCUT2D eigenvalue weighted by Crippen LogP contribution is 2.52. The molecule has 2 unspecified atom stereocenters. The number of pyridine rings is 1. The minimum absolute atomic E-state index is 0.0256. The summed E-state index contributed by atoms with van der Waals surface area (Å²) in [5, 5.41) is 0.213. The zero-order valence-electron chi connectivity index (χ0n) is 20.9. The predicted octanol–water partition coefficient (Wildman–Crippen LogP) is 5.50. The van der Waals surface area contributed by atoms with E-state index in [1.165, 1.54) is 6.07 Å². The van der Waals surface area contributed by atoms with E-state index < -0.39 is 5.97 Å².